The number of aryl methyl sites for hydroxylation is 1. The molecule has 2 saturated carbocycles. The monoisotopic (exact) mass is 607 g/mol. The number of likely N-dealkylation sites (tertiary alicyclic amines) is 1. The van der Waals surface area contributed by atoms with Crippen molar-refractivity contribution in [2.24, 2.45) is 5.41 Å². The van der Waals surface area contributed by atoms with E-state index in [9.17, 15) is 13.2 Å². The summed E-state index contributed by atoms with van der Waals surface area (Å²) in [6.07, 6.45) is 8.45. The van der Waals surface area contributed by atoms with E-state index in [1.807, 2.05) is 16.2 Å². The van der Waals surface area contributed by atoms with Gasteiger partial charge in [0.25, 0.3) is 0 Å². The lowest BCUT2D eigenvalue weighted by Crippen LogP contribution is -2.50. The average Bonchev–Trinajstić information content (AvgIpc) is 3.60. The van der Waals surface area contributed by atoms with Crippen molar-refractivity contribution >= 4 is 38.9 Å². The molecule has 0 N–H and O–H groups in total. The molecule has 0 radical (unpaired) electrons. The van der Waals surface area contributed by atoms with Crippen LogP contribution in [0.3, 0.4) is 0 Å². The summed E-state index contributed by atoms with van der Waals surface area (Å²) < 4.78 is 34.1. The van der Waals surface area contributed by atoms with E-state index in [1.165, 1.54) is 22.0 Å². The van der Waals surface area contributed by atoms with Crippen molar-refractivity contribution in [1.82, 2.24) is 14.1 Å². The molecule has 1 saturated heterocycles. The first kappa shape index (κ1) is 30.0. The van der Waals surface area contributed by atoms with E-state index < -0.39 is 10.0 Å². The molecule has 1 aromatic carbocycles. The van der Waals surface area contributed by atoms with Crippen molar-refractivity contribution < 1.29 is 17.9 Å². The quantitative estimate of drug-likeness (QED) is 0.333. The van der Waals surface area contributed by atoms with Gasteiger partial charge in [-0.2, -0.15) is 4.31 Å². The number of carbonyl (C=O) groups excluding carboxylic acids is 1. The molecule has 220 valence electrons. The smallest absolute Gasteiger partial charge is 0.248 e. The Kier molecular flexibility index (Phi) is 9.01. The standard InChI is InChI=1S/C30H42ClN3O4S2/c1-23-6-4-7-25(31)28(23)40(36,37)34(24-9-10-24)19-20-38-22-27(35)33-17-15-29(16-18-33)11-13-30(14-12-29,32(2)3)26-8-5-21-39-26/h4-8,21,24H,9-20,22H2,1-3H3. The van der Waals surface area contributed by atoms with Gasteiger partial charge in [-0.15, -0.1) is 11.3 Å². The molecular formula is C30H42ClN3O4S2. The summed E-state index contributed by atoms with van der Waals surface area (Å²) in [6.45, 7) is 3.68. The van der Waals surface area contributed by atoms with E-state index in [0.29, 0.717) is 11.0 Å². The van der Waals surface area contributed by atoms with Crippen LogP contribution in [0.15, 0.2) is 40.6 Å². The number of benzene rings is 1. The maximum absolute atomic E-state index is 13.4. The Morgan fingerprint density at radius 2 is 1.77 bits per heavy atom. The number of amides is 1. The van der Waals surface area contributed by atoms with Gasteiger partial charge in [-0.3, -0.25) is 9.69 Å². The fourth-order valence-electron chi connectivity index (χ4n) is 6.71. The Morgan fingerprint density at radius 1 is 1.07 bits per heavy atom. The molecule has 0 unspecified atom stereocenters. The van der Waals surface area contributed by atoms with Crippen molar-refractivity contribution in [3.05, 3.63) is 51.2 Å². The number of hydrogen-bond donors (Lipinski definition) is 0. The molecule has 1 aliphatic heterocycles. The molecule has 1 spiro atoms. The summed E-state index contributed by atoms with van der Waals surface area (Å²) in [7, 11) is 0.668. The second-order valence-corrected chi connectivity index (χ2v) is 15.3. The number of thiophene rings is 1. The molecule has 5 rings (SSSR count). The summed E-state index contributed by atoms with van der Waals surface area (Å²) in [5.41, 5.74) is 1.09. The molecule has 0 bridgehead atoms. The Morgan fingerprint density at radius 3 is 2.35 bits per heavy atom. The van der Waals surface area contributed by atoms with Crippen molar-refractivity contribution in [3.8, 4) is 0 Å². The third-order valence-corrected chi connectivity index (χ3v) is 13.2. The topological polar surface area (TPSA) is 70.2 Å². The van der Waals surface area contributed by atoms with Gasteiger partial charge in [0.1, 0.15) is 11.5 Å². The summed E-state index contributed by atoms with van der Waals surface area (Å²) in [5, 5.41) is 2.42. The molecule has 40 heavy (non-hydrogen) atoms. The van der Waals surface area contributed by atoms with Crippen molar-refractivity contribution in [1.29, 1.82) is 0 Å². The van der Waals surface area contributed by atoms with Crippen LogP contribution in [-0.4, -0.2) is 81.4 Å². The second kappa shape index (κ2) is 12.0. The lowest BCUT2D eigenvalue weighted by molar-refractivity contribution is -0.139. The Labute approximate surface area is 248 Å². The van der Waals surface area contributed by atoms with E-state index in [2.05, 4.69) is 36.5 Å². The second-order valence-electron chi connectivity index (χ2n) is 12.1. The highest BCUT2D eigenvalue weighted by Crippen LogP contribution is 2.53. The minimum absolute atomic E-state index is 0.00494. The van der Waals surface area contributed by atoms with Gasteiger partial charge < -0.3 is 9.64 Å². The predicted molar refractivity (Wildman–Crippen MR) is 160 cm³/mol. The minimum atomic E-state index is -3.74. The summed E-state index contributed by atoms with van der Waals surface area (Å²) in [6, 6.07) is 9.54. The van der Waals surface area contributed by atoms with E-state index in [4.69, 9.17) is 16.3 Å². The predicted octanol–water partition coefficient (Wildman–Crippen LogP) is 5.52. The van der Waals surface area contributed by atoms with Gasteiger partial charge in [0.15, 0.2) is 0 Å². The molecule has 0 atom stereocenters. The zero-order chi connectivity index (χ0) is 28.5. The number of sulfonamides is 1. The maximum Gasteiger partial charge on any atom is 0.248 e. The Bertz CT molecular complexity index is 1260. The number of halogens is 1. The lowest BCUT2D eigenvalue weighted by Gasteiger charge is -2.52. The normalized spacial score (nSPS) is 20.9. The van der Waals surface area contributed by atoms with Gasteiger partial charge in [-0.1, -0.05) is 29.8 Å². The average molecular weight is 608 g/mol. The van der Waals surface area contributed by atoms with Crippen molar-refractivity contribution in [3.63, 3.8) is 0 Å². The summed E-state index contributed by atoms with van der Waals surface area (Å²) >= 11 is 8.15. The summed E-state index contributed by atoms with van der Waals surface area (Å²) in [4.78, 5) is 18.9. The maximum atomic E-state index is 13.4. The fraction of sp³-hybridized carbons (Fsp3) is 0.633. The van der Waals surface area contributed by atoms with Crippen LogP contribution in [0.25, 0.3) is 0 Å². The molecule has 10 heteroatoms. The number of hydrogen-bond acceptors (Lipinski definition) is 6. The van der Waals surface area contributed by atoms with Crippen LogP contribution in [-0.2, 0) is 25.1 Å². The molecule has 3 aliphatic rings. The molecule has 1 amide bonds. The van der Waals surface area contributed by atoms with E-state index in [-0.39, 0.29) is 47.2 Å². The Balaban J connectivity index is 1.10. The van der Waals surface area contributed by atoms with Gasteiger partial charge in [-0.25, -0.2) is 8.42 Å². The fourth-order valence-corrected chi connectivity index (χ4v) is 10.2. The van der Waals surface area contributed by atoms with Gasteiger partial charge >= 0.3 is 0 Å². The highest BCUT2D eigenvalue weighted by Gasteiger charge is 2.47. The van der Waals surface area contributed by atoms with Crippen LogP contribution < -0.4 is 0 Å². The molecule has 2 aromatic rings. The third-order valence-electron chi connectivity index (χ3n) is 9.52. The highest BCUT2D eigenvalue weighted by atomic mass is 35.5. The van der Waals surface area contributed by atoms with Crippen LogP contribution in [0.2, 0.25) is 5.02 Å². The summed E-state index contributed by atoms with van der Waals surface area (Å²) in [5.74, 6) is -0.00494. The van der Waals surface area contributed by atoms with Gasteiger partial charge in [0.05, 0.1) is 17.2 Å². The molecule has 3 fully saturated rings. The van der Waals surface area contributed by atoms with Gasteiger partial charge in [0, 0.05) is 30.6 Å². The Hall–Kier alpha value is -1.49. The van der Waals surface area contributed by atoms with E-state index >= 15 is 0 Å². The van der Waals surface area contributed by atoms with E-state index in [1.54, 1.807) is 25.1 Å². The number of nitrogens with zero attached hydrogens (tertiary/aromatic N) is 3. The number of ether oxygens (including phenoxy) is 1. The van der Waals surface area contributed by atoms with Gasteiger partial charge in [-0.05, 0) is 101 Å². The lowest BCUT2D eigenvalue weighted by atomic mass is 9.62. The zero-order valence-electron chi connectivity index (χ0n) is 23.9. The number of piperidine rings is 1. The van der Waals surface area contributed by atoms with Crippen LogP contribution in [0.1, 0.15) is 61.8 Å². The first-order chi connectivity index (χ1) is 19.1. The molecule has 2 heterocycles. The minimum Gasteiger partial charge on any atom is -0.370 e. The highest BCUT2D eigenvalue weighted by molar-refractivity contribution is 7.89. The molecular weight excluding hydrogens is 566 g/mol. The first-order valence-corrected chi connectivity index (χ1v) is 17.1. The molecule has 7 nitrogen and oxygen atoms in total. The molecule has 1 aromatic heterocycles. The van der Waals surface area contributed by atoms with Crippen molar-refractivity contribution in [2.75, 3.05) is 46.9 Å². The van der Waals surface area contributed by atoms with Crippen LogP contribution in [0, 0.1) is 12.3 Å². The SMILES string of the molecule is Cc1cccc(Cl)c1S(=O)(=O)N(CCOCC(=O)N1CCC2(CC1)CCC(c1cccs1)(N(C)C)CC2)C1CC1. The van der Waals surface area contributed by atoms with Crippen LogP contribution >= 0.6 is 22.9 Å². The van der Waals surface area contributed by atoms with E-state index in [0.717, 1.165) is 51.6 Å². The van der Waals surface area contributed by atoms with Gasteiger partial charge in [0.2, 0.25) is 15.9 Å². The van der Waals surface area contributed by atoms with Crippen molar-refractivity contribution in [2.45, 2.75) is 74.8 Å². The largest absolute Gasteiger partial charge is 0.370 e. The molecule has 2 aliphatic carbocycles. The zero-order valence-corrected chi connectivity index (χ0v) is 26.3. The third kappa shape index (κ3) is 6.01. The van der Waals surface area contributed by atoms with Crippen LogP contribution in [0.4, 0.5) is 0 Å². The first-order valence-electron chi connectivity index (χ1n) is 14.4. The number of rotatable bonds is 10. The van der Waals surface area contributed by atoms with Crippen LogP contribution in [0.5, 0.6) is 0 Å². The number of carbonyl (C=O) groups is 1.